The van der Waals surface area contributed by atoms with E-state index in [1.165, 1.54) is 22.3 Å². The van der Waals surface area contributed by atoms with Crippen molar-refractivity contribution in [1.82, 2.24) is 0 Å². The first-order chi connectivity index (χ1) is 9.55. The maximum absolute atomic E-state index is 7.58. The molecule has 1 atom stereocenters. The van der Waals surface area contributed by atoms with Crippen LogP contribution in [-0.4, -0.2) is 7.63 Å². The van der Waals surface area contributed by atoms with Crippen LogP contribution >= 0.6 is 34.1 Å². The van der Waals surface area contributed by atoms with Gasteiger partial charge in [0.25, 0.3) is 0 Å². The van der Waals surface area contributed by atoms with Crippen molar-refractivity contribution >= 4 is 47.8 Å². The maximum atomic E-state index is 7.58. The smallest absolute Gasteiger partial charge is 0.147 e. The molecule has 2 aliphatic carbocycles. The minimum Gasteiger partial charge on any atom is -0.147 e. The van der Waals surface area contributed by atoms with Crippen LogP contribution in [0.25, 0.3) is 6.08 Å². The van der Waals surface area contributed by atoms with Gasteiger partial charge in [-0.05, 0) is 0 Å². The predicted molar refractivity (Wildman–Crippen MR) is 104 cm³/mol. The molecular formula is C17H23Cl3SiTi. The summed E-state index contributed by atoms with van der Waals surface area (Å²) in [4.78, 5) is 0. The van der Waals surface area contributed by atoms with Crippen LogP contribution in [0.4, 0.5) is 0 Å². The van der Waals surface area contributed by atoms with Gasteiger partial charge in [0.15, 0.2) is 0 Å². The number of allylic oxidation sites excluding steroid dienone is 5. The van der Waals surface area contributed by atoms with E-state index in [-0.39, 0.29) is 24.8 Å². The number of hydrogen-bond acceptors (Lipinski definition) is 0. The monoisotopic (exact) mass is 408 g/mol. The molecule has 22 heavy (non-hydrogen) atoms. The Balaban J connectivity index is 0.00000121. The zero-order chi connectivity index (χ0) is 14.2. The summed E-state index contributed by atoms with van der Waals surface area (Å²) in [6, 6.07) is 8.76. The molecule has 0 N–H and O–H groups in total. The normalized spacial score (nSPS) is 19.2. The number of hydrogen-bond donors (Lipinski definition) is 0. The molecule has 5 heteroatoms. The number of rotatable bonds is 4. The van der Waals surface area contributed by atoms with Crippen LogP contribution in [0.15, 0.2) is 52.4 Å². The Morgan fingerprint density at radius 2 is 2.00 bits per heavy atom. The quantitative estimate of drug-likeness (QED) is 0.563. The molecule has 0 heterocycles. The van der Waals surface area contributed by atoms with Crippen LogP contribution in [0.5, 0.6) is 0 Å². The predicted octanol–water partition coefficient (Wildman–Crippen LogP) is 5.66. The van der Waals surface area contributed by atoms with Crippen LogP contribution in [0.1, 0.15) is 35.1 Å². The minimum absolute atomic E-state index is 0. The van der Waals surface area contributed by atoms with E-state index in [9.17, 15) is 0 Å². The Morgan fingerprint density at radius 1 is 1.27 bits per heavy atom. The Hall–Kier alpha value is 0.241. The zero-order valence-electron chi connectivity index (χ0n) is 12.8. The summed E-state index contributed by atoms with van der Waals surface area (Å²) >= 11 is -3.22. The average molecular weight is 410 g/mol. The Morgan fingerprint density at radius 3 is 2.64 bits per heavy atom. The molecule has 0 aromatic heterocycles. The molecule has 0 spiro atoms. The van der Waals surface area contributed by atoms with E-state index in [2.05, 4.69) is 69.2 Å². The molecule has 1 aromatic rings. The van der Waals surface area contributed by atoms with Crippen molar-refractivity contribution in [2.24, 2.45) is 0 Å². The summed E-state index contributed by atoms with van der Waals surface area (Å²) in [6.07, 6.45) is 13.7. The van der Waals surface area contributed by atoms with E-state index in [0.29, 0.717) is 4.22 Å². The third-order valence-corrected chi connectivity index (χ3v) is 21.2. The van der Waals surface area contributed by atoms with Gasteiger partial charge in [-0.2, -0.15) is 0 Å². The maximum Gasteiger partial charge on any atom is -0.147 e. The van der Waals surface area contributed by atoms with Crippen LogP contribution in [0.2, 0.25) is 4.73 Å². The molecule has 0 saturated carbocycles. The topological polar surface area (TPSA) is 0 Å². The second kappa shape index (κ2) is 7.42. The van der Waals surface area contributed by atoms with Gasteiger partial charge in [-0.1, -0.05) is 0 Å². The molecule has 0 saturated heterocycles. The standard InChI is InChI=1S/C9H7.C5H5.C3H7.3ClH.H2Si.Ti/c1-2-5-9-7-3-6-8(9)4-1;1-2-4-5-3-1;1-3-2;;;;;/h1-7H;1-3H,4H2;1,3H2,2H3;3*1H;1H2;/q;;;;;;;+1/p-1. The van der Waals surface area contributed by atoms with Gasteiger partial charge < -0.3 is 0 Å². The number of halogens is 3. The van der Waals surface area contributed by atoms with Crippen LogP contribution in [0, 0.1) is 0 Å². The molecule has 0 radical (unpaired) electrons. The van der Waals surface area contributed by atoms with E-state index >= 15 is 0 Å². The van der Waals surface area contributed by atoms with Gasteiger partial charge >= 0.3 is 128 Å². The van der Waals surface area contributed by atoms with Gasteiger partial charge in [0, 0.05) is 0 Å². The summed E-state index contributed by atoms with van der Waals surface area (Å²) < 4.78 is 3.19. The van der Waals surface area contributed by atoms with Crippen LogP contribution in [-0.2, 0) is 13.0 Å². The van der Waals surface area contributed by atoms with E-state index < -0.39 is 13.0 Å². The molecule has 1 unspecified atom stereocenters. The molecule has 1 aromatic carbocycles. The van der Waals surface area contributed by atoms with Crippen molar-refractivity contribution < 1.29 is 13.0 Å². The molecule has 2 aliphatic rings. The van der Waals surface area contributed by atoms with Gasteiger partial charge in [0.05, 0.1) is 0 Å². The summed E-state index contributed by atoms with van der Waals surface area (Å²) in [5.74, 6) is 0. The van der Waals surface area contributed by atoms with Crippen molar-refractivity contribution in [2.45, 2.75) is 28.7 Å². The van der Waals surface area contributed by atoms with Gasteiger partial charge in [0.1, 0.15) is 0 Å². The van der Waals surface area contributed by atoms with Crippen molar-refractivity contribution in [1.29, 1.82) is 0 Å². The van der Waals surface area contributed by atoms with Gasteiger partial charge in [-0.25, -0.2) is 0 Å². The number of fused-ring (bicyclic) bond motifs is 1. The molecule has 0 nitrogen and oxygen atoms in total. The summed E-state index contributed by atoms with van der Waals surface area (Å²) in [7, 11) is 9.75. The van der Waals surface area contributed by atoms with Crippen LogP contribution < -0.4 is 0 Å². The van der Waals surface area contributed by atoms with Crippen molar-refractivity contribution in [3.8, 4) is 0 Å². The SMILES string of the molecule is CC[CH2][Ti](=[SiH2])([Cl])([C]1=CC=CC1)[CH]1C=Cc2ccccc21.Cl.Cl. The number of benzene rings is 1. The van der Waals surface area contributed by atoms with Crippen molar-refractivity contribution in [2.75, 3.05) is 0 Å². The third kappa shape index (κ3) is 3.22. The van der Waals surface area contributed by atoms with Crippen LogP contribution in [0.3, 0.4) is 0 Å². The summed E-state index contributed by atoms with van der Waals surface area (Å²) in [5.41, 5.74) is 2.82. The Kier molecular flexibility index (Phi) is 6.84. The fourth-order valence-corrected chi connectivity index (χ4v) is 17.3. The minimum atomic E-state index is -3.22. The second-order valence-corrected chi connectivity index (χ2v) is 26.4. The van der Waals surface area contributed by atoms with Crippen molar-refractivity contribution in [3.63, 3.8) is 0 Å². The summed E-state index contributed by atoms with van der Waals surface area (Å²) in [5, 5.41) is 0. The van der Waals surface area contributed by atoms with E-state index in [1.807, 2.05) is 0 Å². The largest absolute Gasteiger partial charge is 0.147 e. The van der Waals surface area contributed by atoms with E-state index in [0.717, 1.165) is 6.42 Å². The van der Waals surface area contributed by atoms with E-state index in [1.54, 1.807) is 3.88 Å². The third-order valence-electron chi connectivity index (χ3n) is 4.83. The molecule has 0 amide bonds. The first-order valence-corrected chi connectivity index (χ1v) is 16.4. The molecule has 3 rings (SSSR count). The van der Waals surface area contributed by atoms with Crippen molar-refractivity contribution in [3.05, 3.63) is 63.6 Å². The fourth-order valence-electron chi connectivity index (χ4n) is 3.77. The molecule has 0 fully saturated rings. The Bertz CT molecular complexity index is 706. The summed E-state index contributed by atoms with van der Waals surface area (Å²) in [6.45, 7) is 2.27. The average Bonchev–Trinajstić information content (AvgIpc) is 3.09. The Labute approximate surface area is 152 Å². The molecule has 120 valence electrons. The molecular weight excluding hydrogens is 386 g/mol. The zero-order valence-corrected chi connectivity index (χ0v) is 18.2. The second-order valence-electron chi connectivity index (χ2n) is 6.17. The first-order valence-electron chi connectivity index (χ1n) is 7.43. The van der Waals surface area contributed by atoms with Gasteiger partial charge in [-0.3, -0.25) is 0 Å². The van der Waals surface area contributed by atoms with Gasteiger partial charge in [0.2, 0.25) is 0 Å². The van der Waals surface area contributed by atoms with E-state index in [4.69, 9.17) is 9.30 Å². The first kappa shape index (κ1) is 20.3. The van der Waals surface area contributed by atoms with Gasteiger partial charge in [-0.15, -0.1) is 24.8 Å². The fraction of sp³-hybridized carbons (Fsp3) is 0.294. The molecule has 0 bridgehead atoms. The molecule has 0 aliphatic heterocycles.